The fraction of sp³-hybridized carbons (Fsp3) is 0.0769. The molecule has 0 radical (unpaired) electrons. The first-order chi connectivity index (χ1) is 8.16. The van der Waals surface area contributed by atoms with Crippen molar-refractivity contribution in [3.05, 3.63) is 58.9 Å². The first-order valence-corrected chi connectivity index (χ1v) is 5.57. The van der Waals surface area contributed by atoms with Crippen LogP contribution in [-0.2, 0) is 6.54 Å². The molecule has 4 heteroatoms. The molecular weight excluding hydrogens is 239 g/mol. The number of nitrogen functional groups attached to an aromatic ring is 1. The lowest BCUT2D eigenvalue weighted by atomic mass is 10.2. The predicted molar refractivity (Wildman–Crippen MR) is 69.6 cm³/mol. The van der Waals surface area contributed by atoms with Crippen LogP contribution in [0, 0.1) is 5.82 Å². The number of hydrogen-bond donors (Lipinski definition) is 2. The summed E-state index contributed by atoms with van der Waals surface area (Å²) >= 11 is 5.90. The topological polar surface area (TPSA) is 38.0 Å². The van der Waals surface area contributed by atoms with Crippen LogP contribution in [0.25, 0.3) is 0 Å². The van der Waals surface area contributed by atoms with Gasteiger partial charge in [-0.3, -0.25) is 0 Å². The zero-order valence-electron chi connectivity index (χ0n) is 9.08. The molecule has 0 bridgehead atoms. The summed E-state index contributed by atoms with van der Waals surface area (Å²) in [6.07, 6.45) is 0. The molecule has 3 N–H and O–H groups in total. The van der Waals surface area contributed by atoms with Crippen molar-refractivity contribution in [2.75, 3.05) is 11.1 Å². The van der Waals surface area contributed by atoms with E-state index in [1.165, 1.54) is 12.1 Å². The second-order valence-electron chi connectivity index (χ2n) is 3.68. The van der Waals surface area contributed by atoms with E-state index in [9.17, 15) is 4.39 Å². The van der Waals surface area contributed by atoms with Gasteiger partial charge in [-0.2, -0.15) is 0 Å². The molecule has 0 spiro atoms. The number of rotatable bonds is 3. The van der Waals surface area contributed by atoms with E-state index in [1.54, 1.807) is 6.07 Å². The fourth-order valence-corrected chi connectivity index (χ4v) is 1.75. The fourth-order valence-electron chi connectivity index (χ4n) is 1.52. The molecule has 0 unspecified atom stereocenters. The second kappa shape index (κ2) is 5.06. The standard InChI is InChI=1S/C13H12ClFN2/c14-11-7-10(15)5-6-13(11)17-8-9-3-1-2-4-12(9)16/h1-7,17H,8,16H2. The van der Waals surface area contributed by atoms with Crippen LogP contribution in [-0.4, -0.2) is 0 Å². The highest BCUT2D eigenvalue weighted by Gasteiger charge is 2.02. The lowest BCUT2D eigenvalue weighted by molar-refractivity contribution is 0.628. The zero-order chi connectivity index (χ0) is 12.3. The summed E-state index contributed by atoms with van der Waals surface area (Å²) in [6, 6.07) is 11.8. The molecule has 2 nitrogen and oxygen atoms in total. The van der Waals surface area contributed by atoms with Gasteiger partial charge >= 0.3 is 0 Å². The van der Waals surface area contributed by atoms with Gasteiger partial charge in [-0.15, -0.1) is 0 Å². The van der Waals surface area contributed by atoms with E-state index in [1.807, 2.05) is 24.3 Å². The molecule has 0 saturated heterocycles. The van der Waals surface area contributed by atoms with E-state index in [2.05, 4.69) is 5.32 Å². The molecule has 0 aliphatic carbocycles. The van der Waals surface area contributed by atoms with Crippen LogP contribution in [0.2, 0.25) is 5.02 Å². The monoisotopic (exact) mass is 250 g/mol. The van der Waals surface area contributed by atoms with Gasteiger partial charge in [0.05, 0.1) is 10.7 Å². The van der Waals surface area contributed by atoms with E-state index >= 15 is 0 Å². The van der Waals surface area contributed by atoms with Crippen molar-refractivity contribution in [1.82, 2.24) is 0 Å². The molecule has 0 heterocycles. The minimum atomic E-state index is -0.347. The van der Waals surface area contributed by atoms with Crippen LogP contribution in [0.5, 0.6) is 0 Å². The van der Waals surface area contributed by atoms with Gasteiger partial charge in [0.2, 0.25) is 0 Å². The number of benzene rings is 2. The Morgan fingerprint density at radius 1 is 1.18 bits per heavy atom. The minimum Gasteiger partial charge on any atom is -0.398 e. The third-order valence-electron chi connectivity index (χ3n) is 2.46. The van der Waals surface area contributed by atoms with Crippen LogP contribution >= 0.6 is 11.6 Å². The van der Waals surface area contributed by atoms with Crippen molar-refractivity contribution < 1.29 is 4.39 Å². The molecule has 88 valence electrons. The average Bonchev–Trinajstić information content (AvgIpc) is 2.30. The molecule has 0 aliphatic rings. The minimum absolute atomic E-state index is 0.347. The third kappa shape index (κ3) is 2.88. The number of nitrogens with two attached hydrogens (primary N) is 1. The summed E-state index contributed by atoms with van der Waals surface area (Å²) in [5.74, 6) is -0.347. The molecule has 2 rings (SSSR count). The third-order valence-corrected chi connectivity index (χ3v) is 2.77. The summed E-state index contributed by atoms with van der Waals surface area (Å²) in [7, 11) is 0. The van der Waals surface area contributed by atoms with Crippen molar-refractivity contribution in [2.45, 2.75) is 6.54 Å². The van der Waals surface area contributed by atoms with Gasteiger partial charge in [0, 0.05) is 12.2 Å². The second-order valence-corrected chi connectivity index (χ2v) is 4.08. The van der Waals surface area contributed by atoms with Crippen LogP contribution in [0.1, 0.15) is 5.56 Å². The Morgan fingerprint density at radius 2 is 1.94 bits per heavy atom. The molecule has 2 aromatic carbocycles. The highest BCUT2D eigenvalue weighted by molar-refractivity contribution is 6.33. The summed E-state index contributed by atoms with van der Waals surface area (Å²) < 4.78 is 12.8. The molecule has 17 heavy (non-hydrogen) atoms. The summed E-state index contributed by atoms with van der Waals surface area (Å²) in [6.45, 7) is 0.554. The molecule has 0 aliphatic heterocycles. The Bertz CT molecular complexity index is 529. The summed E-state index contributed by atoms with van der Waals surface area (Å²) in [5, 5.41) is 3.48. The SMILES string of the molecule is Nc1ccccc1CNc1ccc(F)cc1Cl. The molecule has 0 atom stereocenters. The normalized spacial score (nSPS) is 10.2. The lowest BCUT2D eigenvalue weighted by Gasteiger charge is -2.10. The van der Waals surface area contributed by atoms with Crippen LogP contribution < -0.4 is 11.1 Å². The summed E-state index contributed by atoms with van der Waals surface area (Å²) in [4.78, 5) is 0. The van der Waals surface area contributed by atoms with Gasteiger partial charge in [0.1, 0.15) is 5.82 Å². The molecule has 0 amide bonds. The van der Waals surface area contributed by atoms with Gasteiger partial charge in [0.15, 0.2) is 0 Å². The maximum absolute atomic E-state index is 12.8. The lowest BCUT2D eigenvalue weighted by Crippen LogP contribution is -2.03. The van der Waals surface area contributed by atoms with Crippen molar-refractivity contribution in [3.63, 3.8) is 0 Å². The van der Waals surface area contributed by atoms with Crippen LogP contribution in [0.3, 0.4) is 0 Å². The first-order valence-electron chi connectivity index (χ1n) is 5.19. The first kappa shape index (κ1) is 11.7. The van der Waals surface area contributed by atoms with Crippen LogP contribution in [0.15, 0.2) is 42.5 Å². The van der Waals surface area contributed by atoms with E-state index in [-0.39, 0.29) is 5.82 Å². The molecule has 0 saturated carbocycles. The maximum Gasteiger partial charge on any atom is 0.124 e. The largest absolute Gasteiger partial charge is 0.398 e. The van der Waals surface area contributed by atoms with E-state index < -0.39 is 0 Å². The average molecular weight is 251 g/mol. The molecule has 0 fully saturated rings. The van der Waals surface area contributed by atoms with Crippen molar-refractivity contribution >= 4 is 23.0 Å². The summed E-state index contributed by atoms with van der Waals surface area (Å²) in [5.41, 5.74) is 8.21. The number of hydrogen-bond acceptors (Lipinski definition) is 2. The quantitative estimate of drug-likeness (QED) is 0.816. The molecule has 2 aromatic rings. The number of halogens is 2. The van der Waals surface area contributed by atoms with Crippen molar-refractivity contribution in [1.29, 1.82) is 0 Å². The number of anilines is 2. The molecular formula is C13H12ClFN2. The number of para-hydroxylation sites is 1. The van der Waals surface area contributed by atoms with Gasteiger partial charge in [0.25, 0.3) is 0 Å². The smallest absolute Gasteiger partial charge is 0.124 e. The Morgan fingerprint density at radius 3 is 2.65 bits per heavy atom. The maximum atomic E-state index is 12.8. The van der Waals surface area contributed by atoms with E-state index in [0.29, 0.717) is 17.3 Å². The van der Waals surface area contributed by atoms with E-state index in [4.69, 9.17) is 17.3 Å². The zero-order valence-corrected chi connectivity index (χ0v) is 9.84. The predicted octanol–water partition coefficient (Wildman–Crippen LogP) is 3.67. The number of nitrogens with one attached hydrogen (secondary N) is 1. The Kier molecular flexibility index (Phi) is 3.49. The van der Waals surface area contributed by atoms with Gasteiger partial charge in [-0.25, -0.2) is 4.39 Å². The van der Waals surface area contributed by atoms with Crippen molar-refractivity contribution in [3.8, 4) is 0 Å². The Balaban J connectivity index is 2.10. The van der Waals surface area contributed by atoms with Crippen molar-refractivity contribution in [2.24, 2.45) is 0 Å². The Hall–Kier alpha value is -1.74. The van der Waals surface area contributed by atoms with Gasteiger partial charge < -0.3 is 11.1 Å². The molecule has 0 aromatic heterocycles. The Labute approximate surface area is 104 Å². The van der Waals surface area contributed by atoms with E-state index in [0.717, 1.165) is 11.3 Å². The van der Waals surface area contributed by atoms with Gasteiger partial charge in [-0.05, 0) is 29.8 Å². The van der Waals surface area contributed by atoms with Gasteiger partial charge in [-0.1, -0.05) is 29.8 Å². The van der Waals surface area contributed by atoms with Crippen LogP contribution in [0.4, 0.5) is 15.8 Å². The highest BCUT2D eigenvalue weighted by Crippen LogP contribution is 2.23. The highest BCUT2D eigenvalue weighted by atomic mass is 35.5.